The van der Waals surface area contributed by atoms with Crippen LogP contribution >= 0.6 is 15.9 Å². The lowest BCUT2D eigenvalue weighted by atomic mass is 10.2. The smallest absolute Gasteiger partial charge is 0.270 e. The fourth-order valence-electron chi connectivity index (χ4n) is 1.57. The molecule has 2 rings (SSSR count). The summed E-state index contributed by atoms with van der Waals surface area (Å²) in [6.07, 6.45) is 0. The summed E-state index contributed by atoms with van der Waals surface area (Å²) in [5.41, 5.74) is 0.175. The quantitative estimate of drug-likeness (QED) is 0.684. The third kappa shape index (κ3) is 3.18. The van der Waals surface area contributed by atoms with Crippen LogP contribution in [0.4, 0.5) is 15.8 Å². The number of nitrogens with zero attached hydrogens (tertiary/aromatic N) is 1. The van der Waals surface area contributed by atoms with Crippen LogP contribution in [0.15, 0.2) is 46.9 Å². The van der Waals surface area contributed by atoms with E-state index in [2.05, 4.69) is 21.2 Å². The summed E-state index contributed by atoms with van der Waals surface area (Å²) in [7, 11) is 0. The van der Waals surface area contributed by atoms with E-state index in [1.54, 1.807) is 0 Å². The number of carbonyl (C=O) groups excluding carboxylic acids is 1. The molecule has 0 spiro atoms. The minimum Gasteiger partial charge on any atom is -0.322 e. The molecule has 2 aromatic rings. The number of non-ortho nitro benzene ring substituents is 1. The summed E-state index contributed by atoms with van der Waals surface area (Å²) in [5.74, 6) is -1.05. The van der Waals surface area contributed by atoms with Crippen molar-refractivity contribution in [3.8, 4) is 0 Å². The van der Waals surface area contributed by atoms with Crippen LogP contribution < -0.4 is 5.32 Å². The van der Waals surface area contributed by atoms with Crippen molar-refractivity contribution in [2.75, 3.05) is 5.32 Å². The first-order chi connectivity index (χ1) is 9.47. The topological polar surface area (TPSA) is 72.2 Å². The van der Waals surface area contributed by atoms with Gasteiger partial charge in [0, 0.05) is 22.3 Å². The number of hydrogen-bond donors (Lipinski definition) is 1. The fourth-order valence-corrected chi connectivity index (χ4v) is 1.99. The van der Waals surface area contributed by atoms with Crippen molar-refractivity contribution < 1.29 is 14.1 Å². The number of rotatable bonds is 3. The maximum Gasteiger partial charge on any atom is 0.270 e. The van der Waals surface area contributed by atoms with Gasteiger partial charge in [-0.3, -0.25) is 14.9 Å². The maximum atomic E-state index is 13.0. The molecule has 7 heteroatoms. The Balaban J connectivity index is 2.29. The summed E-state index contributed by atoms with van der Waals surface area (Å²) < 4.78 is 13.4. The molecule has 0 aliphatic carbocycles. The van der Waals surface area contributed by atoms with E-state index in [-0.39, 0.29) is 16.9 Å². The lowest BCUT2D eigenvalue weighted by Crippen LogP contribution is -2.13. The number of carbonyl (C=O) groups is 1. The molecule has 0 bridgehead atoms. The molecule has 0 saturated carbocycles. The Morgan fingerprint density at radius 2 is 2.00 bits per heavy atom. The second kappa shape index (κ2) is 5.79. The number of amides is 1. The van der Waals surface area contributed by atoms with Crippen LogP contribution in [0, 0.1) is 15.9 Å². The highest BCUT2D eigenvalue weighted by Gasteiger charge is 2.15. The molecule has 1 amide bonds. The van der Waals surface area contributed by atoms with E-state index >= 15 is 0 Å². The molecule has 0 heterocycles. The van der Waals surface area contributed by atoms with Gasteiger partial charge in [-0.1, -0.05) is 6.07 Å². The molecule has 20 heavy (non-hydrogen) atoms. The molecule has 1 N–H and O–H groups in total. The standard InChI is InChI=1S/C13H8BrFN2O3/c14-12-5-4-10(17(19)20)7-11(12)13(18)16-9-3-1-2-8(15)6-9/h1-7H,(H,16,18). The van der Waals surface area contributed by atoms with Crippen molar-refractivity contribution >= 4 is 33.2 Å². The Morgan fingerprint density at radius 1 is 1.25 bits per heavy atom. The van der Waals surface area contributed by atoms with E-state index in [0.29, 0.717) is 4.47 Å². The molecule has 0 aliphatic heterocycles. The molecule has 5 nitrogen and oxygen atoms in total. The van der Waals surface area contributed by atoms with Crippen LogP contribution in [-0.2, 0) is 0 Å². The number of hydrogen-bond acceptors (Lipinski definition) is 3. The van der Waals surface area contributed by atoms with Gasteiger partial charge in [0.1, 0.15) is 5.82 Å². The van der Waals surface area contributed by atoms with Gasteiger partial charge in [0.25, 0.3) is 11.6 Å². The summed E-state index contributed by atoms with van der Waals surface area (Å²) in [5, 5.41) is 13.2. The van der Waals surface area contributed by atoms with E-state index in [4.69, 9.17) is 0 Å². The zero-order valence-electron chi connectivity index (χ0n) is 9.97. The second-order valence-corrected chi connectivity index (χ2v) is 4.74. The van der Waals surface area contributed by atoms with Crippen LogP contribution in [0.2, 0.25) is 0 Å². The van der Waals surface area contributed by atoms with Crippen molar-refractivity contribution in [1.29, 1.82) is 0 Å². The molecule has 0 aliphatic rings. The molecule has 0 unspecified atom stereocenters. The van der Waals surface area contributed by atoms with E-state index in [1.165, 1.54) is 30.3 Å². The fraction of sp³-hybridized carbons (Fsp3) is 0. The summed E-state index contributed by atoms with van der Waals surface area (Å²) in [6.45, 7) is 0. The third-order valence-electron chi connectivity index (χ3n) is 2.49. The summed E-state index contributed by atoms with van der Waals surface area (Å²) in [4.78, 5) is 22.1. The monoisotopic (exact) mass is 338 g/mol. The highest BCUT2D eigenvalue weighted by Crippen LogP contribution is 2.23. The van der Waals surface area contributed by atoms with Crippen molar-refractivity contribution in [3.63, 3.8) is 0 Å². The minimum atomic E-state index is -0.592. The van der Waals surface area contributed by atoms with Gasteiger partial charge in [0.2, 0.25) is 0 Å². The Kier molecular flexibility index (Phi) is 4.09. The van der Waals surface area contributed by atoms with Gasteiger partial charge in [0.15, 0.2) is 0 Å². The number of halogens is 2. The molecule has 102 valence electrons. The highest BCUT2D eigenvalue weighted by atomic mass is 79.9. The number of nitrogens with one attached hydrogen (secondary N) is 1. The summed E-state index contributed by atoms with van der Waals surface area (Å²) in [6, 6.07) is 9.22. The molecule has 0 atom stereocenters. The van der Waals surface area contributed by atoms with Gasteiger partial charge in [-0.25, -0.2) is 4.39 Å². The Labute approximate surface area is 121 Å². The van der Waals surface area contributed by atoms with Crippen molar-refractivity contribution in [2.45, 2.75) is 0 Å². The normalized spacial score (nSPS) is 10.1. The van der Waals surface area contributed by atoms with E-state index < -0.39 is 16.6 Å². The van der Waals surface area contributed by atoms with Gasteiger partial charge in [0.05, 0.1) is 10.5 Å². The van der Waals surface area contributed by atoms with Gasteiger partial charge < -0.3 is 5.32 Å². The van der Waals surface area contributed by atoms with Crippen molar-refractivity contribution in [1.82, 2.24) is 0 Å². The average Bonchev–Trinajstić information content (AvgIpc) is 2.38. The van der Waals surface area contributed by atoms with Crippen LogP contribution in [0.25, 0.3) is 0 Å². The Morgan fingerprint density at radius 3 is 2.65 bits per heavy atom. The highest BCUT2D eigenvalue weighted by molar-refractivity contribution is 9.10. The van der Waals surface area contributed by atoms with Gasteiger partial charge in [-0.05, 0) is 40.2 Å². The lowest BCUT2D eigenvalue weighted by molar-refractivity contribution is -0.384. The van der Waals surface area contributed by atoms with E-state index in [9.17, 15) is 19.3 Å². The van der Waals surface area contributed by atoms with E-state index in [0.717, 1.165) is 12.1 Å². The van der Waals surface area contributed by atoms with Crippen LogP contribution in [0.3, 0.4) is 0 Å². The number of anilines is 1. The van der Waals surface area contributed by atoms with Crippen molar-refractivity contribution in [2.24, 2.45) is 0 Å². The number of benzene rings is 2. The van der Waals surface area contributed by atoms with E-state index in [1.807, 2.05) is 0 Å². The number of nitro groups is 1. The average molecular weight is 339 g/mol. The molecule has 0 saturated heterocycles. The van der Waals surface area contributed by atoms with Gasteiger partial charge in [-0.2, -0.15) is 0 Å². The molecule has 0 fully saturated rings. The summed E-state index contributed by atoms with van der Waals surface area (Å²) >= 11 is 3.15. The third-order valence-corrected chi connectivity index (χ3v) is 3.18. The maximum absolute atomic E-state index is 13.0. The minimum absolute atomic E-state index is 0.100. The van der Waals surface area contributed by atoms with Crippen molar-refractivity contribution in [3.05, 3.63) is 68.4 Å². The van der Waals surface area contributed by atoms with Gasteiger partial charge in [-0.15, -0.1) is 0 Å². The first-order valence-electron chi connectivity index (χ1n) is 5.48. The zero-order valence-corrected chi connectivity index (χ0v) is 11.6. The zero-order chi connectivity index (χ0) is 14.7. The molecule has 0 aromatic heterocycles. The lowest BCUT2D eigenvalue weighted by Gasteiger charge is -2.07. The largest absolute Gasteiger partial charge is 0.322 e. The Hall–Kier alpha value is -2.28. The molecular weight excluding hydrogens is 331 g/mol. The number of nitro benzene ring substituents is 1. The van der Waals surface area contributed by atoms with Crippen LogP contribution in [0.1, 0.15) is 10.4 Å². The molecule has 2 aromatic carbocycles. The first kappa shape index (κ1) is 14.1. The van der Waals surface area contributed by atoms with Crippen LogP contribution in [-0.4, -0.2) is 10.8 Å². The predicted molar refractivity (Wildman–Crippen MR) is 75.1 cm³/mol. The van der Waals surface area contributed by atoms with Gasteiger partial charge >= 0.3 is 0 Å². The van der Waals surface area contributed by atoms with Crippen LogP contribution in [0.5, 0.6) is 0 Å². The predicted octanol–water partition coefficient (Wildman–Crippen LogP) is 3.75. The molecular formula is C13H8BrFN2O3. The Bertz CT molecular complexity index is 691. The first-order valence-corrected chi connectivity index (χ1v) is 6.27. The SMILES string of the molecule is O=C(Nc1cccc(F)c1)c1cc([N+](=O)[O-])ccc1Br. The second-order valence-electron chi connectivity index (χ2n) is 3.89. The molecule has 0 radical (unpaired) electrons.